The summed E-state index contributed by atoms with van der Waals surface area (Å²) in [5.41, 5.74) is 2.66. The van der Waals surface area contributed by atoms with Gasteiger partial charge in [0.2, 0.25) is 0 Å². The van der Waals surface area contributed by atoms with Crippen molar-refractivity contribution >= 4 is 0 Å². The largest absolute Gasteiger partial charge is 0.378 e. The second kappa shape index (κ2) is 4.17. The Morgan fingerprint density at radius 2 is 2.18 bits per heavy atom. The van der Waals surface area contributed by atoms with Gasteiger partial charge in [0.25, 0.3) is 0 Å². The summed E-state index contributed by atoms with van der Waals surface area (Å²) in [6.07, 6.45) is 1.79. The topological polar surface area (TPSA) is 3.24 Å². The molecule has 1 aliphatic heterocycles. The summed E-state index contributed by atoms with van der Waals surface area (Å²) in [5, 5.41) is 0. The van der Waals surface area contributed by atoms with E-state index >= 15 is 0 Å². The van der Waals surface area contributed by atoms with Crippen LogP contribution in [0.25, 0.3) is 0 Å². The van der Waals surface area contributed by atoms with E-state index in [0.717, 1.165) is 36.2 Å². The van der Waals surface area contributed by atoms with Gasteiger partial charge in [-0.2, -0.15) is 0 Å². The molecule has 1 nitrogen and oxygen atoms in total. The minimum Gasteiger partial charge on any atom is -0.378 e. The van der Waals surface area contributed by atoms with E-state index in [4.69, 9.17) is 0 Å². The van der Waals surface area contributed by atoms with Crippen molar-refractivity contribution < 1.29 is 4.39 Å². The van der Waals surface area contributed by atoms with Crippen molar-refractivity contribution in [2.75, 3.05) is 13.6 Å². The summed E-state index contributed by atoms with van der Waals surface area (Å²) in [6, 6.07) is 5.63. The Balaban J connectivity index is 2.27. The van der Waals surface area contributed by atoms with E-state index in [9.17, 15) is 4.39 Å². The molecule has 0 radical (unpaired) electrons. The fourth-order valence-corrected chi connectivity index (χ4v) is 2.61. The number of aryl methyl sites for hydroxylation is 1. The lowest BCUT2D eigenvalue weighted by molar-refractivity contribution is 0.388. The maximum absolute atomic E-state index is 14.0. The minimum absolute atomic E-state index is 0.00336. The molecule has 0 amide bonds. The van der Waals surface area contributed by atoms with Gasteiger partial charge in [0.1, 0.15) is 5.82 Å². The van der Waals surface area contributed by atoms with Gasteiger partial charge in [-0.25, -0.2) is 4.39 Å². The maximum atomic E-state index is 14.0. The molecule has 1 aromatic rings. The molecule has 0 saturated carbocycles. The fourth-order valence-electron chi connectivity index (χ4n) is 2.61. The number of hydrogen-bond acceptors (Lipinski definition) is 1. The second-order valence-electron chi connectivity index (χ2n) is 5.40. The van der Waals surface area contributed by atoms with Crippen LogP contribution in [0.15, 0.2) is 30.5 Å². The van der Waals surface area contributed by atoms with Crippen LogP contribution < -0.4 is 0 Å². The van der Waals surface area contributed by atoms with Crippen molar-refractivity contribution in [1.29, 1.82) is 0 Å². The van der Waals surface area contributed by atoms with E-state index in [1.54, 1.807) is 0 Å². The summed E-state index contributed by atoms with van der Waals surface area (Å²) < 4.78 is 14.0. The van der Waals surface area contributed by atoms with Crippen LogP contribution in [0.3, 0.4) is 0 Å². The number of rotatable bonds is 2. The second-order valence-corrected chi connectivity index (χ2v) is 5.40. The van der Waals surface area contributed by atoms with Gasteiger partial charge in [-0.3, -0.25) is 0 Å². The highest BCUT2D eigenvalue weighted by Gasteiger charge is 2.36. The van der Waals surface area contributed by atoms with Gasteiger partial charge in [0, 0.05) is 24.7 Å². The van der Waals surface area contributed by atoms with E-state index in [0.29, 0.717) is 0 Å². The van der Waals surface area contributed by atoms with Crippen molar-refractivity contribution in [1.82, 2.24) is 4.90 Å². The predicted molar refractivity (Wildman–Crippen MR) is 69.3 cm³/mol. The molecule has 1 aliphatic rings. The summed E-state index contributed by atoms with van der Waals surface area (Å²) in [7, 11) is 2.06. The van der Waals surface area contributed by atoms with E-state index < -0.39 is 0 Å². The quantitative estimate of drug-likeness (QED) is 0.755. The Kier molecular flexibility index (Phi) is 2.98. The first kappa shape index (κ1) is 12.2. The fraction of sp³-hybridized carbons (Fsp3) is 0.467. The van der Waals surface area contributed by atoms with Crippen LogP contribution in [-0.2, 0) is 6.42 Å². The minimum atomic E-state index is -0.0592. The van der Waals surface area contributed by atoms with E-state index in [-0.39, 0.29) is 11.2 Å². The van der Waals surface area contributed by atoms with Gasteiger partial charge < -0.3 is 4.90 Å². The van der Waals surface area contributed by atoms with E-state index in [1.807, 2.05) is 25.1 Å². The zero-order valence-electron chi connectivity index (χ0n) is 10.9. The van der Waals surface area contributed by atoms with Gasteiger partial charge in [-0.15, -0.1) is 0 Å². The Labute approximate surface area is 103 Å². The number of benzene rings is 1. The summed E-state index contributed by atoms with van der Waals surface area (Å²) in [5.74, 6) is -0.0592. The lowest BCUT2D eigenvalue weighted by atomic mass is 9.80. The molecule has 0 aliphatic carbocycles. The highest BCUT2D eigenvalue weighted by atomic mass is 19.1. The normalized spacial score (nSPS) is 24.5. The van der Waals surface area contributed by atoms with Crippen LogP contribution >= 0.6 is 0 Å². The van der Waals surface area contributed by atoms with E-state index in [2.05, 4.69) is 25.5 Å². The number of hydrogen-bond donors (Lipinski definition) is 0. The van der Waals surface area contributed by atoms with Gasteiger partial charge >= 0.3 is 0 Å². The van der Waals surface area contributed by atoms with Gasteiger partial charge in [0.15, 0.2) is 0 Å². The summed E-state index contributed by atoms with van der Waals surface area (Å²) in [6.45, 7) is 9.15. The zero-order valence-corrected chi connectivity index (χ0v) is 10.9. The SMILES string of the molecule is C=C1N(C)CCC1(C)Cc1cccc(C)c1F. The molecule has 1 unspecified atom stereocenters. The van der Waals surface area contributed by atoms with Crippen molar-refractivity contribution in [2.45, 2.75) is 26.7 Å². The Bertz CT molecular complexity index is 452. The van der Waals surface area contributed by atoms with Crippen LogP contribution in [0.2, 0.25) is 0 Å². The lowest BCUT2D eigenvalue weighted by Crippen LogP contribution is -2.21. The molecule has 2 rings (SSSR count). The zero-order chi connectivity index (χ0) is 12.6. The Hall–Kier alpha value is -1.31. The molecule has 0 N–H and O–H groups in total. The van der Waals surface area contributed by atoms with Gasteiger partial charge in [-0.05, 0) is 30.9 Å². The molecule has 17 heavy (non-hydrogen) atoms. The van der Waals surface area contributed by atoms with Crippen LogP contribution in [0.5, 0.6) is 0 Å². The highest BCUT2D eigenvalue weighted by Crippen LogP contribution is 2.41. The molecular formula is C15H20FN. The molecule has 92 valence electrons. The molecule has 0 spiro atoms. The molecule has 2 heteroatoms. The van der Waals surface area contributed by atoms with Crippen LogP contribution in [0.1, 0.15) is 24.5 Å². The predicted octanol–water partition coefficient (Wildman–Crippen LogP) is 3.53. The van der Waals surface area contributed by atoms with Crippen LogP contribution in [0, 0.1) is 18.2 Å². The smallest absolute Gasteiger partial charge is 0.129 e. The number of allylic oxidation sites excluding steroid dienone is 1. The third-order valence-corrected chi connectivity index (χ3v) is 4.01. The Morgan fingerprint density at radius 3 is 2.76 bits per heavy atom. The van der Waals surface area contributed by atoms with Crippen molar-refractivity contribution in [3.8, 4) is 0 Å². The maximum Gasteiger partial charge on any atom is 0.129 e. The molecule has 1 fully saturated rings. The number of halogens is 1. The number of likely N-dealkylation sites (tertiary alicyclic amines) is 1. The Morgan fingerprint density at radius 1 is 1.47 bits per heavy atom. The van der Waals surface area contributed by atoms with Crippen LogP contribution in [0.4, 0.5) is 4.39 Å². The summed E-state index contributed by atoms with van der Waals surface area (Å²) in [4.78, 5) is 2.17. The first-order valence-corrected chi connectivity index (χ1v) is 6.08. The first-order valence-electron chi connectivity index (χ1n) is 6.08. The third-order valence-electron chi connectivity index (χ3n) is 4.01. The lowest BCUT2D eigenvalue weighted by Gasteiger charge is -2.27. The highest BCUT2D eigenvalue weighted by molar-refractivity contribution is 5.28. The molecule has 1 saturated heterocycles. The standard InChI is InChI=1S/C15H20FN/c1-11-6-5-7-13(14(11)16)10-15(3)8-9-17(4)12(15)2/h5-7H,2,8-10H2,1,3-4H3. The summed E-state index contributed by atoms with van der Waals surface area (Å²) >= 11 is 0. The van der Waals surface area contributed by atoms with Gasteiger partial charge in [0.05, 0.1) is 0 Å². The van der Waals surface area contributed by atoms with Gasteiger partial charge in [-0.1, -0.05) is 31.7 Å². The first-order chi connectivity index (χ1) is 7.94. The number of nitrogens with zero attached hydrogens (tertiary/aromatic N) is 1. The molecular weight excluding hydrogens is 213 g/mol. The molecule has 0 aromatic heterocycles. The molecule has 1 atom stereocenters. The average Bonchev–Trinajstić information content (AvgIpc) is 2.54. The monoisotopic (exact) mass is 233 g/mol. The van der Waals surface area contributed by atoms with Crippen molar-refractivity contribution in [3.05, 3.63) is 47.4 Å². The van der Waals surface area contributed by atoms with Crippen molar-refractivity contribution in [2.24, 2.45) is 5.41 Å². The van der Waals surface area contributed by atoms with Crippen molar-refractivity contribution in [3.63, 3.8) is 0 Å². The van der Waals surface area contributed by atoms with Crippen LogP contribution in [-0.4, -0.2) is 18.5 Å². The molecule has 1 heterocycles. The average molecular weight is 233 g/mol. The third kappa shape index (κ3) is 2.08. The van der Waals surface area contributed by atoms with E-state index in [1.165, 1.54) is 0 Å². The molecule has 0 bridgehead atoms. The molecule has 1 aromatic carbocycles.